The van der Waals surface area contributed by atoms with Crippen LogP contribution in [-0.2, 0) is 16.0 Å². The Kier molecular flexibility index (Phi) is 9.17. The fraction of sp³-hybridized carbons (Fsp3) is 0.391. The summed E-state index contributed by atoms with van der Waals surface area (Å²) in [7, 11) is 7.52. The van der Waals surface area contributed by atoms with E-state index >= 15 is 0 Å². The maximum Gasteiger partial charge on any atom is 0.247 e. The number of likely N-dealkylation sites (N-methyl/N-ethyl adjacent to an activating group) is 2. The second-order valence-corrected chi connectivity index (χ2v) is 8.04. The van der Waals surface area contributed by atoms with Crippen molar-refractivity contribution < 1.29 is 14.3 Å². The molecule has 0 aliphatic carbocycles. The zero-order valence-electron chi connectivity index (χ0n) is 19.9. The van der Waals surface area contributed by atoms with Gasteiger partial charge in [0.1, 0.15) is 5.75 Å². The number of rotatable bonds is 12. The molecule has 1 atom stereocenters. The summed E-state index contributed by atoms with van der Waals surface area (Å²) in [4.78, 5) is 36.1. The van der Waals surface area contributed by atoms with Gasteiger partial charge in [-0.15, -0.1) is 0 Å². The Labute approximate surface area is 194 Å². The molecule has 0 aliphatic rings. The van der Waals surface area contributed by atoms with Crippen LogP contribution in [0, 0.1) is 5.92 Å². The number of carbonyl (C=O) groups excluding carboxylic acids is 2. The van der Waals surface area contributed by atoms with Gasteiger partial charge >= 0.3 is 0 Å². The average molecular weight is 456 g/mol. The lowest BCUT2D eigenvalue weighted by Gasteiger charge is -2.26. The predicted molar refractivity (Wildman–Crippen MR) is 131 cm³/mol. The normalized spacial score (nSPS) is 11.6. The van der Waals surface area contributed by atoms with Crippen LogP contribution in [0.1, 0.15) is 12.5 Å². The summed E-state index contributed by atoms with van der Waals surface area (Å²) >= 11 is 0. The number of carbonyl (C=O) groups is 2. The smallest absolute Gasteiger partial charge is 0.247 e. The predicted octanol–water partition coefficient (Wildman–Crippen LogP) is 2.02. The van der Waals surface area contributed by atoms with Crippen LogP contribution in [0.3, 0.4) is 0 Å². The van der Waals surface area contributed by atoms with Gasteiger partial charge in [-0.1, -0.05) is 13.5 Å². The molecular formula is C23H33N7O3. The van der Waals surface area contributed by atoms with Crippen molar-refractivity contribution in [2.45, 2.75) is 13.3 Å². The third-order valence-corrected chi connectivity index (χ3v) is 5.03. The molecule has 10 nitrogen and oxygen atoms in total. The molecule has 178 valence electrons. The number of hydrogen-bond donors (Lipinski definition) is 3. The first-order valence-corrected chi connectivity index (χ1v) is 10.5. The van der Waals surface area contributed by atoms with Gasteiger partial charge < -0.3 is 30.9 Å². The lowest BCUT2D eigenvalue weighted by molar-refractivity contribution is -0.121. The minimum absolute atomic E-state index is 0.305. The van der Waals surface area contributed by atoms with Crippen LogP contribution in [-0.4, -0.2) is 68.0 Å². The van der Waals surface area contributed by atoms with E-state index in [9.17, 15) is 9.59 Å². The second-order valence-electron chi connectivity index (χ2n) is 8.04. The Morgan fingerprint density at radius 3 is 2.39 bits per heavy atom. The molecule has 2 aromatic rings. The van der Waals surface area contributed by atoms with Gasteiger partial charge in [0, 0.05) is 44.5 Å². The molecule has 0 radical (unpaired) electrons. The first kappa shape index (κ1) is 25.6. The van der Waals surface area contributed by atoms with E-state index in [4.69, 9.17) is 10.5 Å². The van der Waals surface area contributed by atoms with Gasteiger partial charge in [0.25, 0.3) is 0 Å². The van der Waals surface area contributed by atoms with E-state index in [0.29, 0.717) is 29.5 Å². The zero-order chi connectivity index (χ0) is 24.5. The highest BCUT2D eigenvalue weighted by molar-refractivity contribution is 6.02. The number of primary amides is 1. The molecular weight excluding hydrogens is 422 g/mol. The number of anilines is 4. The first-order chi connectivity index (χ1) is 15.6. The van der Waals surface area contributed by atoms with Crippen LogP contribution >= 0.6 is 0 Å². The number of benzene rings is 1. The van der Waals surface area contributed by atoms with Crippen LogP contribution in [0.2, 0.25) is 0 Å². The molecule has 0 fully saturated rings. The van der Waals surface area contributed by atoms with E-state index in [-0.39, 0.29) is 17.7 Å². The van der Waals surface area contributed by atoms with Crippen LogP contribution < -0.4 is 26.0 Å². The van der Waals surface area contributed by atoms with Crippen molar-refractivity contribution in [1.29, 1.82) is 0 Å². The molecule has 1 aromatic heterocycles. The number of methoxy groups -OCH3 is 1. The minimum atomic E-state index is -0.369. The summed E-state index contributed by atoms with van der Waals surface area (Å²) in [6, 6.07) is 3.62. The van der Waals surface area contributed by atoms with Crippen molar-refractivity contribution in [1.82, 2.24) is 14.9 Å². The Morgan fingerprint density at radius 1 is 1.18 bits per heavy atom. The summed E-state index contributed by atoms with van der Waals surface area (Å²) in [5, 5.41) is 5.99. The number of nitrogens with two attached hydrogens (primary N) is 1. The van der Waals surface area contributed by atoms with E-state index in [1.165, 1.54) is 6.08 Å². The minimum Gasteiger partial charge on any atom is -0.494 e. The molecule has 0 bridgehead atoms. The number of aromatic nitrogens is 2. The summed E-state index contributed by atoms with van der Waals surface area (Å²) in [6.07, 6.45) is 4.97. The monoisotopic (exact) mass is 455 g/mol. The molecule has 0 saturated heterocycles. The van der Waals surface area contributed by atoms with E-state index in [0.717, 1.165) is 24.3 Å². The molecule has 0 saturated carbocycles. The number of ether oxygens (including phenoxy) is 1. The van der Waals surface area contributed by atoms with Crippen LogP contribution in [0.15, 0.2) is 37.2 Å². The number of hydrogen-bond acceptors (Lipinski definition) is 8. The quantitative estimate of drug-likeness (QED) is 0.415. The molecule has 2 amide bonds. The summed E-state index contributed by atoms with van der Waals surface area (Å²) in [6.45, 7) is 6.87. The van der Waals surface area contributed by atoms with Gasteiger partial charge in [0.2, 0.25) is 17.8 Å². The van der Waals surface area contributed by atoms with Gasteiger partial charge in [0.05, 0.1) is 24.2 Å². The molecule has 33 heavy (non-hydrogen) atoms. The summed E-state index contributed by atoms with van der Waals surface area (Å²) in [5.74, 6) is -0.0865. The van der Waals surface area contributed by atoms with Crippen LogP contribution in [0.5, 0.6) is 5.75 Å². The number of nitrogens with zero attached hydrogens (tertiary/aromatic N) is 4. The lowest BCUT2D eigenvalue weighted by Crippen LogP contribution is -2.29. The largest absolute Gasteiger partial charge is 0.494 e. The van der Waals surface area contributed by atoms with Gasteiger partial charge in [-0.05, 0) is 38.2 Å². The van der Waals surface area contributed by atoms with Crippen LogP contribution in [0.25, 0.3) is 0 Å². The fourth-order valence-corrected chi connectivity index (χ4v) is 3.01. The lowest BCUT2D eigenvalue weighted by atomic mass is 10.0. The summed E-state index contributed by atoms with van der Waals surface area (Å²) < 4.78 is 5.58. The molecule has 1 heterocycles. The van der Waals surface area contributed by atoms with Gasteiger partial charge in [-0.2, -0.15) is 0 Å². The topological polar surface area (TPSA) is 126 Å². The zero-order valence-corrected chi connectivity index (χ0v) is 19.9. The molecule has 10 heteroatoms. The van der Waals surface area contributed by atoms with Crippen molar-refractivity contribution in [3.8, 4) is 5.75 Å². The summed E-state index contributed by atoms with van der Waals surface area (Å²) in [5.41, 5.74) is 8.10. The molecule has 0 aliphatic heterocycles. The van der Waals surface area contributed by atoms with E-state index < -0.39 is 0 Å². The maximum atomic E-state index is 12.1. The average Bonchev–Trinajstić information content (AvgIpc) is 2.78. The number of nitrogens with one attached hydrogen (secondary N) is 2. The Bertz CT molecular complexity index is 977. The highest BCUT2D eigenvalue weighted by atomic mass is 16.5. The highest BCUT2D eigenvalue weighted by Crippen LogP contribution is 2.37. The fourth-order valence-electron chi connectivity index (χ4n) is 3.01. The van der Waals surface area contributed by atoms with E-state index in [2.05, 4.69) is 32.1 Å². The Hall–Kier alpha value is -3.66. The Balaban J connectivity index is 2.33. The molecule has 4 N–H and O–H groups in total. The SMILES string of the molecule is C=CC(=O)Nc1cc(Nc2ncc(CC(C)C(N)=O)cn2)c(OC)cc1N(C)CCN(C)C. The molecule has 2 rings (SSSR count). The van der Waals surface area contributed by atoms with Gasteiger partial charge in [0.15, 0.2) is 0 Å². The third kappa shape index (κ3) is 7.46. The van der Waals surface area contributed by atoms with Crippen molar-refractivity contribution in [2.24, 2.45) is 11.7 Å². The van der Waals surface area contributed by atoms with Gasteiger partial charge in [-0.25, -0.2) is 9.97 Å². The first-order valence-electron chi connectivity index (χ1n) is 10.5. The third-order valence-electron chi connectivity index (χ3n) is 5.03. The highest BCUT2D eigenvalue weighted by Gasteiger charge is 2.17. The maximum absolute atomic E-state index is 12.1. The molecule has 1 aromatic carbocycles. The molecule has 1 unspecified atom stereocenters. The van der Waals surface area contributed by atoms with Crippen LogP contribution in [0.4, 0.5) is 23.0 Å². The van der Waals surface area contributed by atoms with Gasteiger partial charge in [-0.3, -0.25) is 9.59 Å². The van der Waals surface area contributed by atoms with Crippen molar-refractivity contribution >= 4 is 34.8 Å². The second kappa shape index (κ2) is 11.8. The van der Waals surface area contributed by atoms with E-state index in [1.54, 1.807) is 32.5 Å². The standard InChI is InChI=1S/C23H33N7O3/c1-7-21(31)27-17-11-18(20(33-6)12-19(17)30(5)9-8-29(3)4)28-23-25-13-16(14-26-23)10-15(2)22(24)32/h7,11-15H,1,8-10H2,2-6H3,(H2,24,32)(H,27,31)(H,25,26,28). The Morgan fingerprint density at radius 2 is 1.85 bits per heavy atom. The number of amides is 2. The van der Waals surface area contributed by atoms with E-state index in [1.807, 2.05) is 32.1 Å². The van der Waals surface area contributed by atoms with Crippen molar-refractivity contribution in [3.05, 3.63) is 42.7 Å². The van der Waals surface area contributed by atoms with Crippen molar-refractivity contribution in [2.75, 3.05) is 56.9 Å². The molecule has 0 spiro atoms. The van der Waals surface area contributed by atoms with Crippen molar-refractivity contribution in [3.63, 3.8) is 0 Å².